The first-order chi connectivity index (χ1) is 10.1. The van der Waals surface area contributed by atoms with E-state index in [0.29, 0.717) is 17.8 Å². The molecule has 0 spiro atoms. The number of hydrogen-bond donors (Lipinski definition) is 1. The predicted molar refractivity (Wildman–Crippen MR) is 84.9 cm³/mol. The minimum atomic E-state index is 0.315. The van der Waals surface area contributed by atoms with Gasteiger partial charge in [-0.3, -0.25) is 0 Å². The molecule has 0 amide bonds. The lowest BCUT2D eigenvalue weighted by Crippen LogP contribution is -2.09. The standard InChI is InChI=1S/C15H21N5O/c1-5-10-16-14-17-13(18-15(19-14)21-4)11-6-8-12(9-7-11)20(2)3/h6-9H,5,10H2,1-4H3,(H,16,17,18,19). The molecule has 1 N–H and O–H groups in total. The van der Waals surface area contributed by atoms with Crippen molar-refractivity contribution in [1.82, 2.24) is 15.0 Å². The van der Waals surface area contributed by atoms with Crippen LogP contribution in [0.4, 0.5) is 11.6 Å². The Morgan fingerprint density at radius 3 is 2.38 bits per heavy atom. The molecule has 21 heavy (non-hydrogen) atoms. The maximum Gasteiger partial charge on any atom is 0.321 e. The summed E-state index contributed by atoms with van der Waals surface area (Å²) in [6, 6.07) is 8.37. The second-order valence-corrected chi connectivity index (χ2v) is 4.84. The van der Waals surface area contributed by atoms with Gasteiger partial charge in [-0.15, -0.1) is 0 Å². The van der Waals surface area contributed by atoms with E-state index in [4.69, 9.17) is 4.74 Å². The molecule has 1 aromatic carbocycles. The van der Waals surface area contributed by atoms with Crippen LogP contribution in [0, 0.1) is 0 Å². The average molecular weight is 287 g/mol. The van der Waals surface area contributed by atoms with Gasteiger partial charge in [0.25, 0.3) is 0 Å². The molecule has 0 saturated carbocycles. The van der Waals surface area contributed by atoms with Crippen LogP contribution >= 0.6 is 0 Å². The van der Waals surface area contributed by atoms with E-state index in [1.807, 2.05) is 43.3 Å². The lowest BCUT2D eigenvalue weighted by atomic mass is 10.2. The monoisotopic (exact) mass is 287 g/mol. The second kappa shape index (κ2) is 6.88. The van der Waals surface area contributed by atoms with Crippen LogP contribution in [0.3, 0.4) is 0 Å². The Morgan fingerprint density at radius 1 is 1.10 bits per heavy atom. The number of rotatable bonds is 6. The fourth-order valence-electron chi connectivity index (χ4n) is 1.80. The van der Waals surface area contributed by atoms with Crippen LogP contribution in [0.15, 0.2) is 24.3 Å². The summed E-state index contributed by atoms with van der Waals surface area (Å²) < 4.78 is 5.15. The van der Waals surface area contributed by atoms with Gasteiger partial charge in [-0.05, 0) is 30.7 Å². The largest absolute Gasteiger partial charge is 0.467 e. The number of benzene rings is 1. The van der Waals surface area contributed by atoms with Crippen LogP contribution in [0.1, 0.15) is 13.3 Å². The van der Waals surface area contributed by atoms with Crippen molar-refractivity contribution in [2.75, 3.05) is 38.0 Å². The van der Waals surface area contributed by atoms with Gasteiger partial charge in [0.2, 0.25) is 5.95 Å². The Balaban J connectivity index is 2.32. The Hall–Kier alpha value is -2.37. The fourth-order valence-corrected chi connectivity index (χ4v) is 1.80. The molecule has 0 bridgehead atoms. The number of methoxy groups -OCH3 is 1. The Morgan fingerprint density at radius 2 is 1.81 bits per heavy atom. The van der Waals surface area contributed by atoms with Gasteiger partial charge >= 0.3 is 6.01 Å². The number of nitrogens with one attached hydrogen (secondary N) is 1. The number of aromatic nitrogens is 3. The van der Waals surface area contributed by atoms with Gasteiger partial charge in [0.1, 0.15) is 0 Å². The molecule has 0 aliphatic carbocycles. The van der Waals surface area contributed by atoms with E-state index in [1.54, 1.807) is 7.11 Å². The minimum absolute atomic E-state index is 0.315. The Labute approximate surface area is 125 Å². The van der Waals surface area contributed by atoms with Crippen LogP contribution in [0.25, 0.3) is 11.4 Å². The van der Waals surface area contributed by atoms with Crippen LogP contribution < -0.4 is 15.0 Å². The van der Waals surface area contributed by atoms with E-state index in [9.17, 15) is 0 Å². The van der Waals surface area contributed by atoms with Gasteiger partial charge in [0, 0.05) is 31.9 Å². The summed E-state index contributed by atoms with van der Waals surface area (Å²) in [7, 11) is 5.57. The molecule has 2 rings (SSSR count). The zero-order chi connectivity index (χ0) is 15.2. The van der Waals surface area contributed by atoms with Crippen LogP contribution in [-0.4, -0.2) is 42.7 Å². The van der Waals surface area contributed by atoms with Crippen LogP contribution in [0.2, 0.25) is 0 Å². The molecule has 0 saturated heterocycles. The van der Waals surface area contributed by atoms with Crippen LogP contribution in [0.5, 0.6) is 6.01 Å². The molecular formula is C15H21N5O. The van der Waals surface area contributed by atoms with Gasteiger partial charge in [0.05, 0.1) is 7.11 Å². The highest BCUT2D eigenvalue weighted by Gasteiger charge is 2.09. The van der Waals surface area contributed by atoms with E-state index >= 15 is 0 Å². The lowest BCUT2D eigenvalue weighted by molar-refractivity contribution is 0.379. The maximum atomic E-state index is 5.15. The van der Waals surface area contributed by atoms with Gasteiger partial charge in [-0.2, -0.15) is 15.0 Å². The zero-order valence-electron chi connectivity index (χ0n) is 12.9. The second-order valence-electron chi connectivity index (χ2n) is 4.84. The van der Waals surface area contributed by atoms with Crippen molar-refractivity contribution < 1.29 is 4.74 Å². The van der Waals surface area contributed by atoms with Crippen molar-refractivity contribution >= 4 is 11.6 Å². The van der Waals surface area contributed by atoms with Gasteiger partial charge in [-0.25, -0.2) is 0 Å². The number of ether oxygens (including phenoxy) is 1. The third-order valence-electron chi connectivity index (χ3n) is 2.97. The maximum absolute atomic E-state index is 5.15. The van der Waals surface area contributed by atoms with E-state index in [-0.39, 0.29) is 0 Å². The topological polar surface area (TPSA) is 63.2 Å². The molecule has 6 heteroatoms. The molecule has 0 aliphatic rings. The number of nitrogens with zero attached hydrogens (tertiary/aromatic N) is 4. The Kier molecular flexibility index (Phi) is 4.92. The first-order valence-electron chi connectivity index (χ1n) is 6.95. The first-order valence-corrected chi connectivity index (χ1v) is 6.95. The molecule has 0 radical (unpaired) electrons. The van der Waals surface area contributed by atoms with E-state index in [0.717, 1.165) is 24.2 Å². The smallest absolute Gasteiger partial charge is 0.321 e. The molecular weight excluding hydrogens is 266 g/mol. The van der Waals surface area contributed by atoms with Crippen molar-refractivity contribution in [3.05, 3.63) is 24.3 Å². The van der Waals surface area contributed by atoms with E-state index in [2.05, 4.69) is 27.2 Å². The minimum Gasteiger partial charge on any atom is -0.467 e. The molecule has 0 unspecified atom stereocenters. The van der Waals surface area contributed by atoms with Crippen molar-refractivity contribution in [3.63, 3.8) is 0 Å². The molecule has 1 aromatic heterocycles. The summed E-state index contributed by atoms with van der Waals surface area (Å²) in [5.41, 5.74) is 2.06. The summed E-state index contributed by atoms with van der Waals surface area (Å²) in [4.78, 5) is 15.0. The molecule has 0 aliphatic heterocycles. The molecule has 2 aromatic rings. The molecule has 1 heterocycles. The van der Waals surface area contributed by atoms with Crippen LogP contribution in [-0.2, 0) is 0 Å². The molecule has 0 atom stereocenters. The van der Waals surface area contributed by atoms with Gasteiger partial charge in [-0.1, -0.05) is 6.92 Å². The lowest BCUT2D eigenvalue weighted by Gasteiger charge is -2.12. The summed E-state index contributed by atoms with van der Waals surface area (Å²) >= 11 is 0. The zero-order valence-corrected chi connectivity index (χ0v) is 12.9. The summed E-state index contributed by atoms with van der Waals surface area (Å²) in [6.45, 7) is 2.90. The Bertz CT molecular complexity index is 583. The van der Waals surface area contributed by atoms with Crippen molar-refractivity contribution in [1.29, 1.82) is 0 Å². The highest BCUT2D eigenvalue weighted by Crippen LogP contribution is 2.21. The van der Waals surface area contributed by atoms with E-state index < -0.39 is 0 Å². The first kappa shape index (κ1) is 15.0. The molecule has 0 fully saturated rings. The quantitative estimate of drug-likeness (QED) is 0.880. The summed E-state index contributed by atoms with van der Waals surface area (Å²) in [5.74, 6) is 1.14. The van der Waals surface area contributed by atoms with Crippen molar-refractivity contribution in [2.45, 2.75) is 13.3 Å². The van der Waals surface area contributed by atoms with Crippen molar-refractivity contribution in [3.8, 4) is 17.4 Å². The highest BCUT2D eigenvalue weighted by atomic mass is 16.5. The molecule has 112 valence electrons. The average Bonchev–Trinajstić information content (AvgIpc) is 2.52. The third kappa shape index (κ3) is 3.81. The highest BCUT2D eigenvalue weighted by molar-refractivity contribution is 5.61. The number of hydrogen-bond acceptors (Lipinski definition) is 6. The summed E-state index contributed by atoms with van der Waals surface area (Å²) in [6.07, 6.45) is 1.00. The fraction of sp³-hybridized carbons (Fsp3) is 0.400. The third-order valence-corrected chi connectivity index (χ3v) is 2.97. The summed E-state index contributed by atoms with van der Waals surface area (Å²) in [5, 5.41) is 3.16. The van der Waals surface area contributed by atoms with Gasteiger partial charge in [0.15, 0.2) is 5.82 Å². The normalized spacial score (nSPS) is 10.3. The predicted octanol–water partition coefficient (Wildman–Crippen LogP) is 2.44. The van der Waals surface area contributed by atoms with E-state index in [1.165, 1.54) is 0 Å². The van der Waals surface area contributed by atoms with Gasteiger partial charge < -0.3 is 15.0 Å². The SMILES string of the molecule is CCCNc1nc(OC)nc(-c2ccc(N(C)C)cc2)n1. The molecule has 6 nitrogen and oxygen atoms in total. The van der Waals surface area contributed by atoms with Crippen molar-refractivity contribution in [2.24, 2.45) is 0 Å². The number of anilines is 2.